The van der Waals surface area contributed by atoms with Crippen molar-refractivity contribution < 1.29 is 71.9 Å². The summed E-state index contributed by atoms with van der Waals surface area (Å²) in [4.78, 5) is 64.1. The number of amides is 4. The van der Waals surface area contributed by atoms with E-state index in [1.165, 1.54) is 43.2 Å². The molecule has 0 saturated heterocycles. The molecule has 480 valence electrons. The normalized spacial score (nSPS) is 16.5. The van der Waals surface area contributed by atoms with Crippen molar-refractivity contribution in [2.24, 2.45) is 0 Å². The molecule has 8 nitrogen and oxygen atoms in total. The first-order valence-corrected chi connectivity index (χ1v) is 31.5. The summed E-state index contributed by atoms with van der Waals surface area (Å²) in [7, 11) is 0. The van der Waals surface area contributed by atoms with Crippen LogP contribution in [0.2, 0.25) is 0 Å². The molecule has 2 fully saturated rings. The number of imide groups is 2. The Morgan fingerprint density at radius 3 is 0.844 bits per heavy atom. The zero-order valence-electron chi connectivity index (χ0n) is 50.2. The Bertz CT molecular complexity index is 5100. The molecular weight excluding hydrogens is 1260 g/mol. The summed E-state index contributed by atoms with van der Waals surface area (Å²) in [5.41, 5.74) is -1.36. The lowest BCUT2D eigenvalue weighted by Crippen LogP contribution is -2.48. The van der Waals surface area contributed by atoms with Gasteiger partial charge in [-0.1, -0.05) is 99.2 Å². The van der Waals surface area contributed by atoms with Crippen molar-refractivity contribution >= 4 is 110 Å². The molecular formula is C76H48F12N4O4. The summed E-state index contributed by atoms with van der Waals surface area (Å²) in [6.45, 7) is 0. The van der Waals surface area contributed by atoms with Crippen molar-refractivity contribution in [2.45, 2.75) is 101 Å². The van der Waals surface area contributed by atoms with Crippen LogP contribution in [0.1, 0.15) is 128 Å². The van der Waals surface area contributed by atoms with Crippen LogP contribution in [0.5, 0.6) is 0 Å². The molecule has 0 N–H and O–H groups in total. The molecule has 0 unspecified atom stereocenters. The number of carbonyl (C=O) groups excluding carboxylic acids is 4. The number of carbonyl (C=O) groups is 4. The van der Waals surface area contributed by atoms with Crippen molar-refractivity contribution in [1.29, 1.82) is 0 Å². The highest BCUT2D eigenvalue weighted by Gasteiger charge is 2.44. The Hall–Kier alpha value is -10.2. The van der Waals surface area contributed by atoms with Gasteiger partial charge in [0, 0.05) is 78.0 Å². The molecule has 2 aliphatic heterocycles. The standard InChI is InChI=1S/C76H48F12N4O4/c77-73(78,79)39-15-23-47-48-24-16-40(74(80,81)82)32-60(48)89(59(47)31-39)45-19-11-37(12-20-45)55-35-57-65-53(69(93)91(71(57)95)43-7-3-1-4-8-43)29-27-51-64-56(36-58-66-54(30-28-52(68(64)66)63(55)67(51)65)70(94)92(72(58)96)44-9-5-2-6-10-44)38-13-21-46(22-14-38)90-61-33-41(75(83,84)85)17-25-49(61)50-26-18-42(34-62(50)90)76(86,87)88/h11-36,43-44H,1-10H2. The molecule has 0 bridgehead atoms. The molecule has 4 aliphatic rings. The number of hydrogen-bond donors (Lipinski definition) is 0. The van der Waals surface area contributed by atoms with Crippen LogP contribution in [0.3, 0.4) is 0 Å². The van der Waals surface area contributed by atoms with Gasteiger partial charge in [-0.3, -0.25) is 29.0 Å². The van der Waals surface area contributed by atoms with E-state index in [-0.39, 0.29) is 77.2 Å². The molecule has 0 spiro atoms. The molecule has 11 aromatic carbocycles. The van der Waals surface area contributed by atoms with E-state index in [1.54, 1.807) is 84.9 Å². The van der Waals surface area contributed by atoms with E-state index in [2.05, 4.69) is 0 Å². The molecule has 17 rings (SSSR count). The second kappa shape index (κ2) is 20.6. The summed E-state index contributed by atoms with van der Waals surface area (Å²) in [6, 6.07) is 34.1. The minimum absolute atomic E-state index is 0.0222. The molecule has 96 heavy (non-hydrogen) atoms. The lowest BCUT2D eigenvalue weighted by Gasteiger charge is -2.37. The maximum atomic E-state index is 15.6. The van der Waals surface area contributed by atoms with E-state index in [0.717, 1.165) is 87.1 Å². The smallest absolute Gasteiger partial charge is 0.309 e. The molecule has 0 radical (unpaired) electrons. The first kappa shape index (κ1) is 59.5. The van der Waals surface area contributed by atoms with Crippen LogP contribution in [0.25, 0.3) is 120 Å². The minimum atomic E-state index is -4.82. The zero-order chi connectivity index (χ0) is 66.5. The quantitative estimate of drug-likeness (QED) is 0.0719. The average Bonchev–Trinajstić information content (AvgIpc) is 0.798. The van der Waals surface area contributed by atoms with Crippen LogP contribution in [0.15, 0.2) is 158 Å². The Morgan fingerprint density at radius 1 is 0.271 bits per heavy atom. The van der Waals surface area contributed by atoms with Gasteiger partial charge in [0.15, 0.2) is 0 Å². The van der Waals surface area contributed by atoms with Crippen LogP contribution in [0, 0.1) is 0 Å². The van der Waals surface area contributed by atoms with Crippen molar-refractivity contribution in [3.05, 3.63) is 202 Å². The van der Waals surface area contributed by atoms with Gasteiger partial charge in [-0.2, -0.15) is 52.7 Å². The van der Waals surface area contributed by atoms with Gasteiger partial charge in [-0.05, 0) is 177 Å². The van der Waals surface area contributed by atoms with E-state index in [0.29, 0.717) is 91.0 Å². The summed E-state index contributed by atoms with van der Waals surface area (Å²) in [6.07, 6.45) is -12.1. The van der Waals surface area contributed by atoms with Gasteiger partial charge in [0.1, 0.15) is 0 Å². The zero-order valence-corrected chi connectivity index (χ0v) is 50.2. The summed E-state index contributed by atoms with van der Waals surface area (Å²) < 4.78 is 176. The predicted molar refractivity (Wildman–Crippen MR) is 342 cm³/mol. The first-order valence-electron chi connectivity index (χ1n) is 31.5. The van der Waals surface area contributed by atoms with Gasteiger partial charge < -0.3 is 9.13 Å². The summed E-state index contributed by atoms with van der Waals surface area (Å²) in [5.74, 6) is -2.15. The van der Waals surface area contributed by atoms with Gasteiger partial charge >= 0.3 is 24.7 Å². The van der Waals surface area contributed by atoms with Crippen LogP contribution in [0.4, 0.5) is 52.7 Å². The maximum absolute atomic E-state index is 15.6. The predicted octanol–water partition coefficient (Wildman–Crippen LogP) is 21.2. The van der Waals surface area contributed by atoms with Gasteiger partial charge in [-0.25, -0.2) is 0 Å². The Morgan fingerprint density at radius 2 is 0.552 bits per heavy atom. The topological polar surface area (TPSA) is 84.6 Å². The monoisotopic (exact) mass is 1310 g/mol. The lowest BCUT2D eigenvalue weighted by molar-refractivity contribution is -0.138. The van der Waals surface area contributed by atoms with E-state index in [4.69, 9.17) is 0 Å². The molecule has 4 amide bonds. The van der Waals surface area contributed by atoms with E-state index >= 15 is 19.2 Å². The largest absolute Gasteiger partial charge is 0.416 e. The van der Waals surface area contributed by atoms with Crippen molar-refractivity contribution in [2.75, 3.05) is 0 Å². The summed E-state index contributed by atoms with van der Waals surface area (Å²) >= 11 is 0. The van der Waals surface area contributed by atoms with Gasteiger partial charge in [-0.15, -0.1) is 0 Å². The Balaban J connectivity index is 0.941. The highest BCUT2D eigenvalue weighted by atomic mass is 19.4. The fraction of sp³-hybridized carbons (Fsp3) is 0.211. The number of halogens is 12. The SMILES string of the molecule is O=C1c2ccc3c4c(-c5ccc(-n6c7cc(C(F)(F)F)ccc7c7ccc(C(F)(F)F)cc76)cc5)cc5c6c(ccc(c7c(-c8ccc(-n9c%10cc(C(F)(F)F)ccc%10c%10ccc(C(F)(F)F)cc%109)cc8)cc(c2c37)C(=O)N1C1CCCCC1)c64)C(=O)N(C1CCCCC1)C5=O. The number of hydrogen-bond acceptors (Lipinski definition) is 4. The van der Waals surface area contributed by atoms with Gasteiger partial charge in [0.2, 0.25) is 0 Å². The molecule has 20 heteroatoms. The molecule has 0 atom stereocenters. The maximum Gasteiger partial charge on any atom is 0.416 e. The number of rotatable bonds is 6. The molecule has 2 saturated carbocycles. The fourth-order valence-electron chi connectivity index (χ4n) is 16.2. The molecule has 13 aromatic rings. The number of benzene rings is 11. The number of aromatic nitrogens is 2. The third-order valence-electron chi connectivity index (χ3n) is 20.5. The first-order chi connectivity index (χ1) is 45.8. The number of fused-ring (bicyclic) bond motifs is 8. The highest BCUT2D eigenvalue weighted by Crippen LogP contribution is 2.54. The number of alkyl halides is 12. The van der Waals surface area contributed by atoms with Crippen molar-refractivity contribution in [3.8, 4) is 33.6 Å². The van der Waals surface area contributed by atoms with Gasteiger partial charge in [0.05, 0.1) is 44.3 Å². The Kier molecular flexibility index (Phi) is 12.8. The average molecular weight is 1310 g/mol. The molecule has 4 heterocycles. The third-order valence-corrected chi connectivity index (χ3v) is 20.5. The fourth-order valence-corrected chi connectivity index (χ4v) is 16.2. The van der Waals surface area contributed by atoms with E-state index in [1.807, 2.05) is 0 Å². The Labute approximate surface area is 535 Å². The second-order valence-electron chi connectivity index (χ2n) is 25.7. The van der Waals surface area contributed by atoms with Crippen LogP contribution in [-0.4, -0.2) is 54.6 Å². The van der Waals surface area contributed by atoms with Gasteiger partial charge in [0.25, 0.3) is 23.6 Å². The minimum Gasteiger partial charge on any atom is -0.309 e. The third kappa shape index (κ3) is 8.77. The van der Waals surface area contributed by atoms with Crippen molar-refractivity contribution in [1.82, 2.24) is 18.9 Å². The summed E-state index contributed by atoms with van der Waals surface area (Å²) in [5, 5.41) is 4.42. The van der Waals surface area contributed by atoms with E-state index in [9.17, 15) is 52.7 Å². The highest BCUT2D eigenvalue weighted by molar-refractivity contribution is 6.44. The van der Waals surface area contributed by atoms with Crippen LogP contribution >= 0.6 is 0 Å². The van der Waals surface area contributed by atoms with E-state index < -0.39 is 82.7 Å². The van der Waals surface area contributed by atoms with Crippen molar-refractivity contribution in [3.63, 3.8) is 0 Å². The molecule has 2 aromatic heterocycles. The van der Waals surface area contributed by atoms with Crippen LogP contribution < -0.4 is 0 Å². The lowest BCUT2D eigenvalue weighted by atomic mass is 9.77. The van der Waals surface area contributed by atoms with Crippen LogP contribution in [-0.2, 0) is 24.7 Å². The second-order valence-corrected chi connectivity index (χ2v) is 25.7. The molecule has 2 aliphatic carbocycles. The number of nitrogens with zero attached hydrogens (tertiary/aromatic N) is 4.